The Kier molecular flexibility index (Phi) is 3.05. The summed E-state index contributed by atoms with van der Waals surface area (Å²) < 4.78 is 0.832. The summed E-state index contributed by atoms with van der Waals surface area (Å²) in [5.41, 5.74) is -1.38. The number of anilines is 1. The first-order valence-corrected chi connectivity index (χ1v) is 5.15. The number of halogens is 1. The molecule has 1 rings (SSSR count). The Bertz CT molecular complexity index is 319. The molecule has 2 N–H and O–H groups in total. The highest BCUT2D eigenvalue weighted by Gasteiger charge is 2.24. The molecule has 0 spiro atoms. The summed E-state index contributed by atoms with van der Waals surface area (Å²) in [6.07, 6.45) is 1.59. The number of hydrogen-bond acceptors (Lipinski definition) is 4. The van der Waals surface area contributed by atoms with Crippen molar-refractivity contribution in [1.82, 2.24) is 4.98 Å². The van der Waals surface area contributed by atoms with Crippen molar-refractivity contribution in [3.05, 3.63) is 9.98 Å². The molecule has 13 heavy (non-hydrogen) atoms. The molecule has 0 saturated carbocycles. The molecule has 0 aliphatic carbocycles. The minimum Gasteiger partial charge on any atom is -0.381 e. The van der Waals surface area contributed by atoms with Crippen LogP contribution in [0.3, 0.4) is 0 Å². The molecule has 1 amide bonds. The van der Waals surface area contributed by atoms with E-state index in [-0.39, 0.29) is 0 Å². The first-order valence-electron chi connectivity index (χ1n) is 3.55. The second-order valence-corrected chi connectivity index (χ2v) is 5.39. The molecule has 0 aliphatic heterocycles. The van der Waals surface area contributed by atoms with Crippen LogP contribution in [-0.4, -0.2) is 21.6 Å². The van der Waals surface area contributed by atoms with Crippen LogP contribution in [0, 0.1) is 0 Å². The molecule has 1 heterocycles. The van der Waals surface area contributed by atoms with Crippen molar-refractivity contribution in [2.24, 2.45) is 0 Å². The van der Waals surface area contributed by atoms with Gasteiger partial charge < -0.3 is 5.11 Å². The number of nitrogens with zero attached hydrogens (tertiary/aromatic N) is 1. The van der Waals surface area contributed by atoms with Gasteiger partial charge in [-0.15, -0.1) is 0 Å². The van der Waals surface area contributed by atoms with Gasteiger partial charge in [-0.25, -0.2) is 4.98 Å². The summed E-state index contributed by atoms with van der Waals surface area (Å²) in [6.45, 7) is 2.84. The van der Waals surface area contributed by atoms with E-state index in [4.69, 9.17) is 0 Å². The topological polar surface area (TPSA) is 62.2 Å². The number of aliphatic hydroxyl groups is 1. The van der Waals surface area contributed by atoms with Gasteiger partial charge in [0, 0.05) is 0 Å². The van der Waals surface area contributed by atoms with Gasteiger partial charge >= 0.3 is 0 Å². The fourth-order valence-electron chi connectivity index (χ4n) is 0.562. The van der Waals surface area contributed by atoms with Crippen molar-refractivity contribution in [3.63, 3.8) is 0 Å². The van der Waals surface area contributed by atoms with Gasteiger partial charge in [0.1, 0.15) is 5.60 Å². The number of rotatable bonds is 2. The molecule has 0 fully saturated rings. The van der Waals surface area contributed by atoms with Crippen LogP contribution in [0.1, 0.15) is 13.8 Å². The lowest BCUT2D eigenvalue weighted by molar-refractivity contribution is -0.130. The molecule has 72 valence electrons. The van der Waals surface area contributed by atoms with E-state index in [1.165, 1.54) is 25.2 Å². The van der Waals surface area contributed by atoms with Crippen LogP contribution >= 0.6 is 27.3 Å². The standard InChI is InChI=1S/C7H9BrN2O2S/c1-7(2,12)5(11)10-6-9-3-4(8)13-6/h3,12H,1-2H3,(H,9,10,11). The predicted octanol–water partition coefficient (Wildman–Crippen LogP) is 1.61. The number of carbonyl (C=O) groups is 1. The van der Waals surface area contributed by atoms with E-state index in [1.807, 2.05) is 0 Å². The van der Waals surface area contributed by atoms with Crippen LogP contribution in [0.15, 0.2) is 9.98 Å². The lowest BCUT2D eigenvalue weighted by atomic mass is 10.1. The van der Waals surface area contributed by atoms with Crippen LogP contribution in [0.4, 0.5) is 5.13 Å². The molecular formula is C7H9BrN2O2S. The van der Waals surface area contributed by atoms with Gasteiger partial charge in [-0.3, -0.25) is 10.1 Å². The molecule has 0 bridgehead atoms. The zero-order valence-electron chi connectivity index (χ0n) is 7.17. The van der Waals surface area contributed by atoms with Crippen molar-refractivity contribution in [1.29, 1.82) is 0 Å². The predicted molar refractivity (Wildman–Crippen MR) is 54.7 cm³/mol. The summed E-state index contributed by atoms with van der Waals surface area (Å²) in [5.74, 6) is -0.464. The number of nitrogens with one attached hydrogen (secondary N) is 1. The average molecular weight is 265 g/mol. The molecule has 0 unspecified atom stereocenters. The number of amides is 1. The maximum atomic E-state index is 11.2. The monoisotopic (exact) mass is 264 g/mol. The minimum atomic E-state index is -1.38. The van der Waals surface area contributed by atoms with Crippen LogP contribution in [0.5, 0.6) is 0 Å². The Balaban J connectivity index is 2.65. The fourth-order valence-corrected chi connectivity index (χ4v) is 1.66. The third-order valence-electron chi connectivity index (χ3n) is 1.25. The molecule has 0 radical (unpaired) electrons. The molecule has 0 atom stereocenters. The Morgan fingerprint density at radius 2 is 2.38 bits per heavy atom. The maximum Gasteiger partial charge on any atom is 0.257 e. The van der Waals surface area contributed by atoms with E-state index in [9.17, 15) is 9.90 Å². The van der Waals surface area contributed by atoms with Crippen LogP contribution in [-0.2, 0) is 4.79 Å². The van der Waals surface area contributed by atoms with Crippen molar-refractivity contribution < 1.29 is 9.90 Å². The second-order valence-electron chi connectivity index (χ2n) is 2.98. The number of thiazole rings is 1. The van der Waals surface area contributed by atoms with Gasteiger partial charge in [0.05, 0.1) is 9.98 Å². The first-order chi connectivity index (χ1) is 5.89. The van der Waals surface area contributed by atoms with Gasteiger partial charge in [-0.05, 0) is 29.8 Å². The van der Waals surface area contributed by atoms with Gasteiger partial charge in [-0.2, -0.15) is 0 Å². The molecule has 0 aliphatic rings. The smallest absolute Gasteiger partial charge is 0.257 e. The molecule has 1 aromatic heterocycles. The van der Waals surface area contributed by atoms with Crippen LogP contribution < -0.4 is 5.32 Å². The van der Waals surface area contributed by atoms with Crippen molar-refractivity contribution in [3.8, 4) is 0 Å². The Hall–Kier alpha value is -0.460. The third kappa shape index (κ3) is 3.06. The zero-order chi connectivity index (χ0) is 10.1. The summed E-state index contributed by atoms with van der Waals surface area (Å²) in [6, 6.07) is 0. The van der Waals surface area contributed by atoms with E-state index >= 15 is 0 Å². The van der Waals surface area contributed by atoms with E-state index in [1.54, 1.807) is 6.20 Å². The molecule has 0 aromatic carbocycles. The summed E-state index contributed by atoms with van der Waals surface area (Å²) in [5, 5.41) is 12.3. The third-order valence-corrected chi connectivity index (χ3v) is 2.65. The molecule has 1 aromatic rings. The molecular weight excluding hydrogens is 256 g/mol. The SMILES string of the molecule is CC(C)(O)C(=O)Nc1ncc(Br)s1. The van der Waals surface area contributed by atoms with E-state index in [0.717, 1.165) is 3.79 Å². The molecule has 0 saturated heterocycles. The number of hydrogen-bond donors (Lipinski definition) is 2. The average Bonchev–Trinajstić information content (AvgIpc) is 2.33. The lowest BCUT2D eigenvalue weighted by Gasteiger charge is -2.14. The molecule has 4 nitrogen and oxygen atoms in total. The number of aromatic nitrogens is 1. The molecule has 6 heteroatoms. The normalized spacial score (nSPS) is 11.4. The van der Waals surface area contributed by atoms with E-state index < -0.39 is 11.5 Å². The number of carbonyl (C=O) groups excluding carboxylic acids is 1. The van der Waals surface area contributed by atoms with E-state index in [0.29, 0.717) is 5.13 Å². The second kappa shape index (κ2) is 3.73. The van der Waals surface area contributed by atoms with Gasteiger partial charge in [0.25, 0.3) is 5.91 Å². The summed E-state index contributed by atoms with van der Waals surface area (Å²) in [4.78, 5) is 15.1. The Labute approximate surface area is 88.1 Å². The Morgan fingerprint density at radius 3 is 2.77 bits per heavy atom. The highest BCUT2D eigenvalue weighted by atomic mass is 79.9. The van der Waals surface area contributed by atoms with E-state index in [2.05, 4.69) is 26.2 Å². The minimum absolute atomic E-state index is 0.464. The summed E-state index contributed by atoms with van der Waals surface area (Å²) >= 11 is 4.51. The quantitative estimate of drug-likeness (QED) is 0.854. The lowest BCUT2D eigenvalue weighted by Crippen LogP contribution is -2.36. The van der Waals surface area contributed by atoms with Crippen molar-refractivity contribution >= 4 is 38.3 Å². The fraction of sp³-hybridized carbons (Fsp3) is 0.429. The summed E-state index contributed by atoms with van der Waals surface area (Å²) in [7, 11) is 0. The highest BCUT2D eigenvalue weighted by Crippen LogP contribution is 2.23. The van der Waals surface area contributed by atoms with Crippen molar-refractivity contribution in [2.75, 3.05) is 5.32 Å². The van der Waals surface area contributed by atoms with Crippen LogP contribution in [0.25, 0.3) is 0 Å². The van der Waals surface area contributed by atoms with Gasteiger partial charge in [0.2, 0.25) is 0 Å². The van der Waals surface area contributed by atoms with Gasteiger partial charge in [0.15, 0.2) is 5.13 Å². The Morgan fingerprint density at radius 1 is 1.77 bits per heavy atom. The largest absolute Gasteiger partial charge is 0.381 e. The zero-order valence-corrected chi connectivity index (χ0v) is 9.57. The van der Waals surface area contributed by atoms with Crippen molar-refractivity contribution in [2.45, 2.75) is 19.4 Å². The first kappa shape index (κ1) is 10.6. The maximum absolute atomic E-state index is 11.2. The van der Waals surface area contributed by atoms with Crippen LogP contribution in [0.2, 0.25) is 0 Å². The van der Waals surface area contributed by atoms with Gasteiger partial charge in [-0.1, -0.05) is 11.3 Å². The highest BCUT2D eigenvalue weighted by molar-refractivity contribution is 9.11.